The summed E-state index contributed by atoms with van der Waals surface area (Å²) < 4.78 is 5.53. The predicted molar refractivity (Wildman–Crippen MR) is 72.7 cm³/mol. The molecule has 0 saturated heterocycles. The molecule has 0 saturated carbocycles. The highest BCUT2D eigenvalue weighted by atomic mass is 35.5. The number of nitrogens with two attached hydrogens (primary N) is 1. The Bertz CT molecular complexity index is 656. The van der Waals surface area contributed by atoms with Crippen LogP contribution in [0, 0.1) is 0 Å². The molecule has 0 unspecified atom stereocenters. The van der Waals surface area contributed by atoms with E-state index in [2.05, 4.69) is 4.98 Å². The number of rotatable bonds is 3. The van der Waals surface area contributed by atoms with E-state index in [9.17, 15) is 9.90 Å². The molecule has 0 atom stereocenters. The van der Waals surface area contributed by atoms with Crippen LogP contribution in [0.15, 0.2) is 18.2 Å². The Kier molecular flexibility index (Phi) is 3.48. The van der Waals surface area contributed by atoms with Gasteiger partial charge < -0.3 is 15.6 Å². The Hall–Kier alpha value is -2.01. The second kappa shape index (κ2) is 4.93. The van der Waals surface area contributed by atoms with E-state index in [4.69, 9.17) is 22.1 Å². The third-order valence-corrected chi connectivity index (χ3v) is 2.80. The van der Waals surface area contributed by atoms with Gasteiger partial charge in [-0.05, 0) is 32.0 Å². The number of carbonyl (C=O) groups is 1. The van der Waals surface area contributed by atoms with Crippen LogP contribution in [0.1, 0.15) is 24.3 Å². The van der Waals surface area contributed by atoms with Crippen molar-refractivity contribution in [3.05, 3.63) is 29.0 Å². The summed E-state index contributed by atoms with van der Waals surface area (Å²) in [4.78, 5) is 15.0. The van der Waals surface area contributed by atoms with Crippen LogP contribution in [0.25, 0.3) is 10.8 Å². The Morgan fingerprint density at radius 3 is 2.68 bits per heavy atom. The second-order valence-electron chi connectivity index (χ2n) is 4.34. The Morgan fingerprint density at radius 2 is 2.11 bits per heavy atom. The SMILES string of the molecule is CC(C)Oc1ccc2c(Cl)nc(C(N)=O)c(O)c2c1. The van der Waals surface area contributed by atoms with Crippen LogP contribution >= 0.6 is 11.6 Å². The molecule has 0 radical (unpaired) electrons. The molecule has 2 rings (SSSR count). The maximum Gasteiger partial charge on any atom is 0.271 e. The molecule has 0 fully saturated rings. The fraction of sp³-hybridized carbons (Fsp3) is 0.231. The molecule has 6 heteroatoms. The number of nitrogens with zero attached hydrogens (tertiary/aromatic N) is 1. The quantitative estimate of drug-likeness (QED) is 0.846. The van der Waals surface area contributed by atoms with Crippen LogP contribution in [0.4, 0.5) is 0 Å². The van der Waals surface area contributed by atoms with Crippen LogP contribution in [0.2, 0.25) is 5.15 Å². The summed E-state index contributed by atoms with van der Waals surface area (Å²) in [5.74, 6) is -0.562. The molecule has 19 heavy (non-hydrogen) atoms. The lowest BCUT2D eigenvalue weighted by Crippen LogP contribution is -2.13. The fourth-order valence-corrected chi connectivity index (χ4v) is 2.00. The largest absolute Gasteiger partial charge is 0.505 e. The molecule has 0 aliphatic rings. The standard InChI is InChI=1S/C13H13ClN2O3/c1-6(2)19-7-3-4-8-9(5-7)11(17)10(13(15)18)16-12(8)14/h3-6,17H,1-2H3,(H2,15,18). The van der Waals surface area contributed by atoms with Crippen molar-refractivity contribution in [2.75, 3.05) is 0 Å². The summed E-state index contributed by atoms with van der Waals surface area (Å²) in [6.07, 6.45) is -0.00693. The first-order chi connectivity index (χ1) is 8.90. The van der Waals surface area contributed by atoms with Crippen LogP contribution in [0.5, 0.6) is 11.5 Å². The monoisotopic (exact) mass is 280 g/mol. The molecule has 1 amide bonds. The number of ether oxygens (including phenoxy) is 1. The Morgan fingerprint density at radius 1 is 1.42 bits per heavy atom. The number of aromatic hydroxyl groups is 1. The summed E-state index contributed by atoms with van der Waals surface area (Å²) in [7, 11) is 0. The molecule has 0 aliphatic heterocycles. The summed E-state index contributed by atoms with van der Waals surface area (Å²) in [6, 6.07) is 5.00. The number of hydrogen-bond donors (Lipinski definition) is 2. The minimum Gasteiger partial charge on any atom is -0.505 e. The van der Waals surface area contributed by atoms with Gasteiger partial charge >= 0.3 is 0 Å². The number of fused-ring (bicyclic) bond motifs is 1. The maximum atomic E-state index is 11.2. The van der Waals surface area contributed by atoms with E-state index in [1.165, 1.54) is 0 Å². The number of carbonyl (C=O) groups excluding carboxylic acids is 1. The van der Waals surface area contributed by atoms with Gasteiger partial charge in [-0.15, -0.1) is 0 Å². The van der Waals surface area contributed by atoms with E-state index in [0.717, 1.165) is 0 Å². The van der Waals surface area contributed by atoms with E-state index in [1.807, 2.05) is 13.8 Å². The predicted octanol–water partition coefficient (Wildman–Crippen LogP) is 2.48. The number of primary amides is 1. The van der Waals surface area contributed by atoms with Gasteiger partial charge in [-0.25, -0.2) is 4.98 Å². The third-order valence-electron chi connectivity index (χ3n) is 2.51. The van der Waals surface area contributed by atoms with E-state index >= 15 is 0 Å². The highest BCUT2D eigenvalue weighted by Gasteiger charge is 2.16. The van der Waals surface area contributed by atoms with Gasteiger partial charge in [-0.3, -0.25) is 4.79 Å². The third kappa shape index (κ3) is 2.56. The lowest BCUT2D eigenvalue weighted by atomic mass is 10.1. The number of benzene rings is 1. The molecule has 0 aliphatic carbocycles. The van der Waals surface area contributed by atoms with Crippen molar-refractivity contribution in [3.63, 3.8) is 0 Å². The molecule has 1 aromatic heterocycles. The van der Waals surface area contributed by atoms with Crippen molar-refractivity contribution >= 4 is 28.3 Å². The molecule has 100 valence electrons. The van der Waals surface area contributed by atoms with Gasteiger partial charge in [0.25, 0.3) is 5.91 Å². The van der Waals surface area contributed by atoms with Gasteiger partial charge in [-0.2, -0.15) is 0 Å². The van der Waals surface area contributed by atoms with E-state index in [-0.39, 0.29) is 22.7 Å². The van der Waals surface area contributed by atoms with Gasteiger partial charge in [0.1, 0.15) is 10.9 Å². The van der Waals surface area contributed by atoms with Crippen LogP contribution in [-0.2, 0) is 0 Å². The normalized spacial score (nSPS) is 10.9. The lowest BCUT2D eigenvalue weighted by molar-refractivity contribution is 0.0993. The molecule has 5 nitrogen and oxygen atoms in total. The van der Waals surface area contributed by atoms with Gasteiger partial charge in [-0.1, -0.05) is 11.6 Å². The van der Waals surface area contributed by atoms with Crippen molar-refractivity contribution in [1.29, 1.82) is 0 Å². The van der Waals surface area contributed by atoms with Gasteiger partial charge in [0.2, 0.25) is 0 Å². The zero-order valence-corrected chi connectivity index (χ0v) is 11.2. The molecule has 0 spiro atoms. The van der Waals surface area contributed by atoms with Crippen molar-refractivity contribution in [3.8, 4) is 11.5 Å². The molecule has 1 aromatic carbocycles. The summed E-state index contributed by atoms with van der Waals surface area (Å²) >= 11 is 5.97. The zero-order chi connectivity index (χ0) is 14.2. The van der Waals surface area contributed by atoms with Gasteiger partial charge in [0.05, 0.1) is 6.10 Å². The first-order valence-electron chi connectivity index (χ1n) is 5.69. The Balaban J connectivity index is 2.68. The molecule has 1 heterocycles. The van der Waals surface area contributed by atoms with Crippen molar-refractivity contribution in [2.24, 2.45) is 5.73 Å². The first kappa shape index (κ1) is 13.4. The van der Waals surface area contributed by atoms with Crippen LogP contribution in [-0.4, -0.2) is 22.1 Å². The van der Waals surface area contributed by atoms with Crippen LogP contribution < -0.4 is 10.5 Å². The van der Waals surface area contributed by atoms with E-state index in [1.54, 1.807) is 18.2 Å². The number of amides is 1. The highest BCUT2D eigenvalue weighted by molar-refractivity contribution is 6.34. The number of halogens is 1. The van der Waals surface area contributed by atoms with Gasteiger partial charge in [0, 0.05) is 10.8 Å². The number of pyridine rings is 1. The minimum absolute atomic E-state index is 0.00693. The smallest absolute Gasteiger partial charge is 0.271 e. The Labute approximate surface area is 115 Å². The first-order valence-corrected chi connectivity index (χ1v) is 6.06. The summed E-state index contributed by atoms with van der Waals surface area (Å²) in [5, 5.41) is 11.0. The van der Waals surface area contributed by atoms with Gasteiger partial charge in [0.15, 0.2) is 11.4 Å². The average Bonchev–Trinajstić information content (AvgIpc) is 2.32. The van der Waals surface area contributed by atoms with E-state index in [0.29, 0.717) is 16.5 Å². The number of aromatic nitrogens is 1. The highest BCUT2D eigenvalue weighted by Crippen LogP contribution is 2.34. The molecule has 3 N–H and O–H groups in total. The fourth-order valence-electron chi connectivity index (χ4n) is 1.76. The maximum absolute atomic E-state index is 11.2. The second-order valence-corrected chi connectivity index (χ2v) is 4.70. The topological polar surface area (TPSA) is 85.4 Å². The minimum atomic E-state index is -0.837. The van der Waals surface area contributed by atoms with Crippen LogP contribution in [0.3, 0.4) is 0 Å². The van der Waals surface area contributed by atoms with Crippen molar-refractivity contribution in [2.45, 2.75) is 20.0 Å². The van der Waals surface area contributed by atoms with E-state index < -0.39 is 5.91 Å². The van der Waals surface area contributed by atoms with Crippen molar-refractivity contribution in [1.82, 2.24) is 4.98 Å². The molecule has 2 aromatic rings. The number of hydrogen-bond acceptors (Lipinski definition) is 4. The lowest BCUT2D eigenvalue weighted by Gasteiger charge is -2.12. The summed E-state index contributed by atoms with van der Waals surface area (Å²) in [6.45, 7) is 3.77. The average molecular weight is 281 g/mol. The molecular formula is C13H13ClN2O3. The van der Waals surface area contributed by atoms with Crippen molar-refractivity contribution < 1.29 is 14.6 Å². The zero-order valence-electron chi connectivity index (χ0n) is 10.5. The summed E-state index contributed by atoms with van der Waals surface area (Å²) in [5.41, 5.74) is 4.89. The molecule has 0 bridgehead atoms. The molecular weight excluding hydrogens is 268 g/mol.